The Bertz CT molecular complexity index is 64.0. The van der Waals surface area contributed by atoms with E-state index in [2.05, 4.69) is 20.6 Å². The van der Waals surface area contributed by atoms with Gasteiger partial charge < -0.3 is 0 Å². The van der Waals surface area contributed by atoms with Gasteiger partial charge in [-0.15, -0.1) is 22.1 Å². The highest BCUT2D eigenvalue weighted by molar-refractivity contribution is 8.93. The molecule has 0 amide bonds. The molecule has 0 atom stereocenters. The molecule has 4 nitrogen and oxygen atoms in total. The Balaban J connectivity index is 0.000000250. The summed E-state index contributed by atoms with van der Waals surface area (Å²) in [6, 6.07) is 0. The zero-order valence-electron chi connectivity index (χ0n) is 2.83. The molecule has 1 N–H and O–H groups in total. The minimum Gasteiger partial charge on any atom is -0.246 e. The van der Waals surface area contributed by atoms with Crippen LogP contribution in [0.15, 0.2) is 6.33 Å². The molecule has 1 aromatic heterocycles. The lowest BCUT2D eigenvalue weighted by atomic mass is 11.4. The summed E-state index contributed by atoms with van der Waals surface area (Å²) in [5.41, 5.74) is 0. The molecular formula is CH3BrN4. The molecule has 0 aliphatic heterocycles. The predicted molar refractivity (Wildman–Crippen MR) is 24.5 cm³/mol. The van der Waals surface area contributed by atoms with Crippen LogP contribution in [0.5, 0.6) is 0 Å². The number of hydrogen-bond donors (Lipinski definition) is 1. The summed E-state index contributed by atoms with van der Waals surface area (Å²) < 4.78 is 0. The third-order valence-corrected chi connectivity index (χ3v) is 0.270. The highest BCUT2D eigenvalue weighted by atomic mass is 79.9. The van der Waals surface area contributed by atoms with Gasteiger partial charge in [0.1, 0.15) is 6.33 Å². The van der Waals surface area contributed by atoms with Gasteiger partial charge in [-0.05, 0) is 10.4 Å². The van der Waals surface area contributed by atoms with E-state index < -0.39 is 0 Å². The molecule has 0 aliphatic carbocycles. The Morgan fingerprint density at radius 3 is 2.50 bits per heavy atom. The normalized spacial score (nSPS) is 6.67. The lowest BCUT2D eigenvalue weighted by Crippen LogP contribution is -1.64. The monoisotopic (exact) mass is 150 g/mol. The molecule has 0 spiro atoms. The summed E-state index contributed by atoms with van der Waals surface area (Å²) in [6.07, 6.45) is 1.40. The third-order valence-electron chi connectivity index (χ3n) is 0.270. The van der Waals surface area contributed by atoms with E-state index in [-0.39, 0.29) is 17.0 Å². The number of tetrazole rings is 1. The van der Waals surface area contributed by atoms with Gasteiger partial charge in [0.05, 0.1) is 0 Å². The summed E-state index contributed by atoms with van der Waals surface area (Å²) in [5.74, 6) is 0. The highest BCUT2D eigenvalue weighted by Gasteiger charge is 1.58. The van der Waals surface area contributed by atoms with Gasteiger partial charge in [-0.25, -0.2) is 5.10 Å². The second-order valence-electron chi connectivity index (χ2n) is 0.563. The number of halogens is 1. The van der Waals surface area contributed by atoms with Crippen LogP contribution in [0.25, 0.3) is 0 Å². The van der Waals surface area contributed by atoms with E-state index in [9.17, 15) is 0 Å². The first-order valence-electron chi connectivity index (χ1n) is 1.17. The molecule has 5 heteroatoms. The lowest BCUT2D eigenvalue weighted by Gasteiger charge is -1.42. The summed E-state index contributed by atoms with van der Waals surface area (Å²) in [6.45, 7) is 0. The van der Waals surface area contributed by atoms with Crippen LogP contribution in [-0.2, 0) is 0 Å². The largest absolute Gasteiger partial charge is 0.246 e. The maximum Gasteiger partial charge on any atom is 0.135 e. The van der Waals surface area contributed by atoms with Crippen LogP contribution in [0.2, 0.25) is 0 Å². The van der Waals surface area contributed by atoms with Crippen LogP contribution >= 0.6 is 17.0 Å². The van der Waals surface area contributed by atoms with Crippen LogP contribution in [-0.4, -0.2) is 20.6 Å². The number of rotatable bonds is 0. The molecule has 0 saturated heterocycles. The number of nitrogens with zero attached hydrogens (tertiary/aromatic N) is 3. The molecule has 0 aromatic carbocycles. The van der Waals surface area contributed by atoms with Gasteiger partial charge in [-0.2, -0.15) is 0 Å². The zero-order chi connectivity index (χ0) is 3.54. The van der Waals surface area contributed by atoms with Crippen molar-refractivity contribution < 1.29 is 0 Å². The number of hydrogen-bond acceptors (Lipinski definition) is 3. The number of aromatic amines is 1. The average molecular weight is 151 g/mol. The maximum atomic E-state index is 3.31. The molecule has 0 radical (unpaired) electrons. The van der Waals surface area contributed by atoms with Crippen LogP contribution in [0.4, 0.5) is 0 Å². The van der Waals surface area contributed by atoms with Crippen molar-refractivity contribution in [2.45, 2.75) is 0 Å². The molecule has 0 saturated carbocycles. The van der Waals surface area contributed by atoms with Crippen LogP contribution < -0.4 is 0 Å². The first kappa shape index (κ1) is 5.55. The molecule has 0 fully saturated rings. The van der Waals surface area contributed by atoms with E-state index >= 15 is 0 Å². The molecular weight excluding hydrogens is 148 g/mol. The highest BCUT2D eigenvalue weighted by Crippen LogP contribution is 1.43. The first-order valence-corrected chi connectivity index (χ1v) is 1.17. The van der Waals surface area contributed by atoms with Crippen LogP contribution in [0.1, 0.15) is 0 Å². The van der Waals surface area contributed by atoms with E-state index in [0.717, 1.165) is 0 Å². The Labute approximate surface area is 44.7 Å². The minimum atomic E-state index is 0. The quantitative estimate of drug-likeness (QED) is 0.557. The fourth-order valence-electron chi connectivity index (χ4n) is 0.129. The Morgan fingerprint density at radius 2 is 2.33 bits per heavy atom. The van der Waals surface area contributed by atoms with Gasteiger partial charge in [-0.1, -0.05) is 0 Å². The lowest BCUT2D eigenvalue weighted by molar-refractivity contribution is 0.881. The van der Waals surface area contributed by atoms with Crippen molar-refractivity contribution in [3.8, 4) is 0 Å². The fourth-order valence-corrected chi connectivity index (χ4v) is 0.129. The number of H-pyrrole nitrogens is 1. The van der Waals surface area contributed by atoms with Crippen molar-refractivity contribution in [2.24, 2.45) is 0 Å². The molecule has 1 aromatic rings. The van der Waals surface area contributed by atoms with Gasteiger partial charge in [0, 0.05) is 0 Å². The van der Waals surface area contributed by atoms with Crippen molar-refractivity contribution in [3.05, 3.63) is 6.33 Å². The molecule has 0 unspecified atom stereocenters. The SMILES string of the molecule is Br.c1nnn[nH]1. The minimum absolute atomic E-state index is 0. The smallest absolute Gasteiger partial charge is 0.135 e. The standard InChI is InChI=1S/CH2N4.BrH/c1-2-4-5-3-1;/h1H,(H,2,3,4,5);1H. The molecule has 0 bridgehead atoms. The summed E-state index contributed by atoms with van der Waals surface area (Å²) in [5, 5.41) is 12.1. The summed E-state index contributed by atoms with van der Waals surface area (Å²) in [7, 11) is 0. The zero-order valence-corrected chi connectivity index (χ0v) is 4.54. The van der Waals surface area contributed by atoms with Gasteiger partial charge in [-0.3, -0.25) is 0 Å². The van der Waals surface area contributed by atoms with Crippen LogP contribution in [0, 0.1) is 0 Å². The predicted octanol–water partition coefficient (Wildman–Crippen LogP) is -0.222. The molecule has 0 aliphatic rings. The molecule has 1 heterocycles. The Hall–Kier alpha value is -0.450. The van der Waals surface area contributed by atoms with Crippen molar-refractivity contribution in [1.29, 1.82) is 0 Å². The second kappa shape index (κ2) is 2.77. The van der Waals surface area contributed by atoms with E-state index in [1.54, 1.807) is 0 Å². The average Bonchev–Trinajstić information content (AvgIpc) is 1.76. The van der Waals surface area contributed by atoms with E-state index in [1.807, 2.05) is 0 Å². The van der Waals surface area contributed by atoms with Crippen molar-refractivity contribution in [3.63, 3.8) is 0 Å². The topological polar surface area (TPSA) is 54.5 Å². The van der Waals surface area contributed by atoms with Gasteiger partial charge >= 0.3 is 0 Å². The van der Waals surface area contributed by atoms with Gasteiger partial charge in [0.15, 0.2) is 0 Å². The maximum absolute atomic E-state index is 3.31. The van der Waals surface area contributed by atoms with Crippen molar-refractivity contribution >= 4 is 17.0 Å². The fraction of sp³-hybridized carbons (Fsp3) is 0. The van der Waals surface area contributed by atoms with Crippen molar-refractivity contribution in [2.75, 3.05) is 0 Å². The van der Waals surface area contributed by atoms with E-state index in [4.69, 9.17) is 0 Å². The Morgan fingerprint density at radius 1 is 1.50 bits per heavy atom. The summed E-state index contributed by atoms with van der Waals surface area (Å²) in [4.78, 5) is 0. The molecule has 6 heavy (non-hydrogen) atoms. The molecule has 34 valence electrons. The van der Waals surface area contributed by atoms with Crippen LogP contribution in [0.3, 0.4) is 0 Å². The van der Waals surface area contributed by atoms with Gasteiger partial charge in [0.2, 0.25) is 0 Å². The number of nitrogens with one attached hydrogen (secondary N) is 1. The van der Waals surface area contributed by atoms with E-state index in [1.165, 1.54) is 6.33 Å². The number of aromatic nitrogens is 4. The molecule has 1 rings (SSSR count). The Kier molecular flexibility index (Phi) is 2.56. The summed E-state index contributed by atoms with van der Waals surface area (Å²) >= 11 is 0. The van der Waals surface area contributed by atoms with Gasteiger partial charge in [0.25, 0.3) is 0 Å². The first-order chi connectivity index (χ1) is 2.50. The van der Waals surface area contributed by atoms with Crippen molar-refractivity contribution in [1.82, 2.24) is 20.6 Å². The van der Waals surface area contributed by atoms with E-state index in [0.29, 0.717) is 0 Å². The second-order valence-corrected chi connectivity index (χ2v) is 0.563. The third kappa shape index (κ3) is 1.12.